The van der Waals surface area contributed by atoms with Crippen molar-refractivity contribution < 1.29 is 19.8 Å². The number of carboxylic acids is 2. The Labute approximate surface area is 137 Å². The number of hydrogen-bond acceptors (Lipinski definition) is 8. The molecule has 24 heavy (non-hydrogen) atoms. The smallest absolute Gasteiger partial charge is 0.330 e. The molecule has 0 aromatic carbocycles. The molecule has 0 saturated carbocycles. The molecule has 0 bridgehead atoms. The summed E-state index contributed by atoms with van der Waals surface area (Å²) in [6, 6.07) is 3.40. The lowest BCUT2D eigenvalue weighted by atomic mass is 9.86. The van der Waals surface area contributed by atoms with Gasteiger partial charge in [-0.05, 0) is 13.8 Å². The van der Waals surface area contributed by atoms with E-state index in [1.807, 2.05) is 0 Å². The lowest BCUT2D eigenvalue weighted by Gasteiger charge is -2.17. The van der Waals surface area contributed by atoms with Gasteiger partial charge >= 0.3 is 11.9 Å². The van der Waals surface area contributed by atoms with Gasteiger partial charge in [0.2, 0.25) is 0 Å². The van der Waals surface area contributed by atoms with Gasteiger partial charge in [-0.25, -0.2) is 9.59 Å². The highest BCUT2D eigenvalue weighted by Crippen LogP contribution is 2.25. The number of nitriles is 4. The van der Waals surface area contributed by atoms with Crippen LogP contribution in [0.3, 0.4) is 0 Å². The summed E-state index contributed by atoms with van der Waals surface area (Å²) in [7, 11) is 0. The van der Waals surface area contributed by atoms with Crippen LogP contribution in [0.1, 0.15) is 26.7 Å². The van der Waals surface area contributed by atoms with Crippen molar-refractivity contribution in [2.75, 3.05) is 0 Å². The van der Waals surface area contributed by atoms with Crippen molar-refractivity contribution in [1.29, 1.82) is 21.0 Å². The second kappa shape index (κ2) is 8.22. The summed E-state index contributed by atoms with van der Waals surface area (Å²) in [4.78, 5) is 22.3. The Kier molecular flexibility index (Phi) is 7.02. The van der Waals surface area contributed by atoms with Gasteiger partial charge in [0.25, 0.3) is 0 Å². The van der Waals surface area contributed by atoms with Crippen LogP contribution in [0.15, 0.2) is 10.2 Å². The molecular formula is C14H14N6O4. The fourth-order valence-electron chi connectivity index (χ4n) is 1.52. The first kappa shape index (κ1) is 20.5. The molecule has 0 radical (unpaired) electrons. The van der Waals surface area contributed by atoms with Crippen molar-refractivity contribution in [2.24, 2.45) is 21.1 Å². The average molecular weight is 330 g/mol. The molecule has 0 aromatic heterocycles. The molecule has 124 valence electrons. The largest absolute Gasteiger partial charge is 0.480 e. The van der Waals surface area contributed by atoms with Crippen LogP contribution in [0.25, 0.3) is 0 Å². The Morgan fingerprint density at radius 1 is 0.833 bits per heavy atom. The first-order chi connectivity index (χ1) is 11.1. The van der Waals surface area contributed by atoms with E-state index >= 15 is 0 Å². The van der Waals surface area contributed by atoms with Crippen molar-refractivity contribution in [3.05, 3.63) is 0 Å². The number of aliphatic carboxylic acids is 2. The van der Waals surface area contributed by atoms with E-state index in [4.69, 9.17) is 31.3 Å². The zero-order valence-electron chi connectivity index (χ0n) is 13.0. The summed E-state index contributed by atoms with van der Waals surface area (Å²) in [6.07, 6.45) is -0.974. The minimum Gasteiger partial charge on any atom is -0.480 e. The van der Waals surface area contributed by atoms with Crippen LogP contribution in [0.5, 0.6) is 0 Å². The number of hydrogen-bond donors (Lipinski definition) is 2. The molecule has 0 fully saturated rings. The molecule has 0 aliphatic rings. The minimum atomic E-state index is -1.63. The zero-order valence-corrected chi connectivity index (χ0v) is 13.0. The summed E-state index contributed by atoms with van der Waals surface area (Å²) in [5.41, 5.74) is -3.26. The Bertz CT molecular complexity index is 615. The third kappa shape index (κ3) is 5.71. The quantitative estimate of drug-likeness (QED) is 0.619. The van der Waals surface area contributed by atoms with Crippen LogP contribution >= 0.6 is 0 Å². The Balaban J connectivity index is 5.46. The molecule has 2 N–H and O–H groups in total. The lowest BCUT2D eigenvalue weighted by molar-refractivity contribution is -0.141. The van der Waals surface area contributed by atoms with E-state index in [0.717, 1.165) is 0 Å². The first-order valence-corrected chi connectivity index (χ1v) is 6.57. The fourth-order valence-corrected chi connectivity index (χ4v) is 1.52. The molecular weight excluding hydrogens is 316 g/mol. The van der Waals surface area contributed by atoms with Crippen LogP contribution in [0, 0.1) is 56.2 Å². The number of nitrogens with zero attached hydrogens (tertiary/aromatic N) is 6. The minimum absolute atomic E-state index is 0.487. The maximum atomic E-state index is 11.2. The van der Waals surface area contributed by atoms with E-state index in [0.29, 0.717) is 0 Å². The van der Waals surface area contributed by atoms with E-state index in [9.17, 15) is 9.59 Å². The number of carboxylic acid groups (broad SMARTS) is 2. The predicted molar refractivity (Wildman–Crippen MR) is 75.6 cm³/mol. The summed E-state index contributed by atoms with van der Waals surface area (Å²) >= 11 is 0. The van der Waals surface area contributed by atoms with Gasteiger partial charge in [0.05, 0.1) is 24.3 Å². The van der Waals surface area contributed by atoms with Crippen molar-refractivity contribution in [2.45, 2.75) is 38.8 Å². The van der Waals surface area contributed by atoms with Crippen LogP contribution in [0.4, 0.5) is 0 Å². The van der Waals surface area contributed by atoms with Gasteiger partial charge in [-0.3, -0.25) is 0 Å². The molecule has 10 heteroatoms. The van der Waals surface area contributed by atoms with Crippen LogP contribution in [-0.2, 0) is 9.59 Å². The molecule has 0 amide bonds. The number of carbonyl (C=O) groups is 2. The van der Waals surface area contributed by atoms with Crippen molar-refractivity contribution >= 4 is 11.9 Å². The molecule has 2 atom stereocenters. The topological polar surface area (TPSA) is 194 Å². The van der Waals surface area contributed by atoms with Crippen molar-refractivity contribution in [3.8, 4) is 24.3 Å². The SMILES string of the molecule is CC(C#N)(C#N)CC(N=NC(CC(C)(C#N)C#N)C(=O)O)C(=O)O. The molecule has 0 spiro atoms. The summed E-state index contributed by atoms with van der Waals surface area (Å²) < 4.78 is 0. The average Bonchev–Trinajstić information content (AvgIpc) is 2.56. The van der Waals surface area contributed by atoms with Crippen LogP contribution in [-0.4, -0.2) is 34.2 Å². The highest BCUT2D eigenvalue weighted by molar-refractivity contribution is 5.75. The predicted octanol–water partition coefficient (Wildman–Crippen LogP) is 1.23. The maximum absolute atomic E-state index is 11.2. The highest BCUT2D eigenvalue weighted by Gasteiger charge is 2.34. The van der Waals surface area contributed by atoms with Gasteiger partial charge in [0.15, 0.2) is 12.1 Å². The van der Waals surface area contributed by atoms with Crippen LogP contribution < -0.4 is 0 Å². The van der Waals surface area contributed by atoms with E-state index < -0.39 is 47.7 Å². The molecule has 0 saturated heterocycles. The van der Waals surface area contributed by atoms with Crippen LogP contribution in [0.2, 0.25) is 0 Å². The molecule has 10 nitrogen and oxygen atoms in total. The van der Waals surface area contributed by atoms with Gasteiger partial charge in [-0.2, -0.15) is 31.3 Å². The Morgan fingerprint density at radius 2 is 1.08 bits per heavy atom. The first-order valence-electron chi connectivity index (χ1n) is 6.57. The monoisotopic (exact) mass is 330 g/mol. The van der Waals surface area contributed by atoms with E-state index in [1.54, 1.807) is 24.3 Å². The third-order valence-corrected chi connectivity index (χ3v) is 3.11. The van der Waals surface area contributed by atoms with Gasteiger partial charge in [0.1, 0.15) is 10.8 Å². The van der Waals surface area contributed by atoms with Gasteiger partial charge in [-0.15, -0.1) is 0 Å². The molecule has 0 heterocycles. The highest BCUT2D eigenvalue weighted by atomic mass is 16.4. The van der Waals surface area contributed by atoms with Gasteiger partial charge in [0, 0.05) is 12.8 Å². The summed E-state index contributed by atoms with van der Waals surface area (Å²) in [6.45, 7) is 2.44. The van der Waals surface area contributed by atoms with Crippen molar-refractivity contribution in [1.82, 2.24) is 0 Å². The van der Waals surface area contributed by atoms with Crippen molar-refractivity contribution in [3.63, 3.8) is 0 Å². The normalized spacial score (nSPS) is 13.8. The second-order valence-electron chi connectivity index (χ2n) is 5.46. The Hall–Kier alpha value is -3.50. The van der Waals surface area contributed by atoms with E-state index in [-0.39, 0.29) is 0 Å². The molecule has 0 aliphatic heterocycles. The Morgan fingerprint density at radius 3 is 1.25 bits per heavy atom. The lowest BCUT2D eigenvalue weighted by Crippen LogP contribution is -2.29. The second-order valence-corrected chi connectivity index (χ2v) is 5.46. The number of rotatable bonds is 8. The molecule has 0 aromatic rings. The summed E-state index contributed by atoms with van der Waals surface area (Å²) in [5.74, 6) is -2.97. The number of azo groups is 1. The van der Waals surface area contributed by atoms with Gasteiger partial charge < -0.3 is 10.2 Å². The standard InChI is InChI=1S/C14H14N6O4/c1-13(5-15,6-16)3-9(11(21)22)19-20-10(12(23)24)4-14(2,7-17)8-18/h9-10H,3-4H2,1-2H3,(H,21,22)(H,23,24). The molecule has 0 rings (SSSR count). The molecule has 0 aliphatic carbocycles. The molecule has 2 unspecified atom stereocenters. The van der Waals surface area contributed by atoms with E-state index in [1.165, 1.54) is 13.8 Å². The van der Waals surface area contributed by atoms with Gasteiger partial charge in [-0.1, -0.05) is 0 Å². The van der Waals surface area contributed by atoms with E-state index in [2.05, 4.69) is 10.2 Å². The zero-order chi connectivity index (χ0) is 19.0. The third-order valence-electron chi connectivity index (χ3n) is 3.11. The fraction of sp³-hybridized carbons (Fsp3) is 0.571. The summed E-state index contributed by atoms with van der Waals surface area (Å²) in [5, 5.41) is 60.5. The maximum Gasteiger partial charge on any atom is 0.330 e.